The van der Waals surface area contributed by atoms with Gasteiger partial charge in [-0.3, -0.25) is 9.78 Å². The van der Waals surface area contributed by atoms with Crippen molar-refractivity contribution >= 4 is 30.7 Å². The van der Waals surface area contributed by atoms with Gasteiger partial charge in [0.2, 0.25) is 5.91 Å². The normalized spacial score (nSPS) is 13.9. The smallest absolute Gasteiger partial charge is 0.223 e. The number of hydrogen-bond donors (Lipinski definition) is 1. The van der Waals surface area contributed by atoms with Crippen LogP contribution in [0.5, 0.6) is 0 Å². The summed E-state index contributed by atoms with van der Waals surface area (Å²) in [6.07, 6.45) is 5.78. The van der Waals surface area contributed by atoms with Gasteiger partial charge in [-0.2, -0.15) is 0 Å². The van der Waals surface area contributed by atoms with Gasteiger partial charge in [0.1, 0.15) is 0 Å². The average molecular weight is 424 g/mol. The van der Waals surface area contributed by atoms with Crippen LogP contribution in [-0.4, -0.2) is 28.9 Å². The van der Waals surface area contributed by atoms with Crippen LogP contribution in [0.25, 0.3) is 0 Å². The van der Waals surface area contributed by atoms with Gasteiger partial charge in [0.05, 0.1) is 12.2 Å². The molecule has 0 unspecified atom stereocenters. The third-order valence-electron chi connectivity index (χ3n) is 5.11. The first-order chi connectivity index (χ1) is 12.7. The zero-order valence-electron chi connectivity index (χ0n) is 16.5. The number of halogens is 2. The zero-order valence-corrected chi connectivity index (χ0v) is 18.1. The zero-order chi connectivity index (χ0) is 18.2. The van der Waals surface area contributed by atoms with Crippen LogP contribution in [0.15, 0.2) is 48.7 Å². The van der Waals surface area contributed by atoms with Gasteiger partial charge < -0.3 is 10.2 Å². The van der Waals surface area contributed by atoms with Crippen LogP contribution in [0.2, 0.25) is 0 Å². The van der Waals surface area contributed by atoms with Crippen molar-refractivity contribution in [1.82, 2.24) is 15.2 Å². The molecule has 2 heterocycles. The maximum absolute atomic E-state index is 13.0. The second kappa shape index (κ2) is 12.8. The molecule has 28 heavy (non-hydrogen) atoms. The predicted octanol–water partition coefficient (Wildman–Crippen LogP) is 4.54. The largest absolute Gasteiger partial charge is 0.332 e. The SMILES string of the molecule is Cc1cccc(CN(Cc2ccccn2)C(=O)CCC2CCNCC2)c1.Cl.Cl. The molecule has 1 aromatic heterocycles. The third kappa shape index (κ3) is 7.78. The van der Waals surface area contributed by atoms with Crippen molar-refractivity contribution in [2.75, 3.05) is 13.1 Å². The molecule has 0 bridgehead atoms. The summed E-state index contributed by atoms with van der Waals surface area (Å²) in [6.45, 7) is 5.47. The molecule has 1 N–H and O–H groups in total. The minimum atomic E-state index is 0. The fourth-order valence-electron chi connectivity index (χ4n) is 3.61. The van der Waals surface area contributed by atoms with E-state index in [-0.39, 0.29) is 30.7 Å². The van der Waals surface area contributed by atoms with Gasteiger partial charge in [0.15, 0.2) is 0 Å². The summed E-state index contributed by atoms with van der Waals surface area (Å²) in [4.78, 5) is 19.3. The van der Waals surface area contributed by atoms with Crippen molar-refractivity contribution in [1.29, 1.82) is 0 Å². The molecule has 1 amide bonds. The van der Waals surface area contributed by atoms with Gasteiger partial charge >= 0.3 is 0 Å². The predicted molar refractivity (Wildman–Crippen MR) is 119 cm³/mol. The van der Waals surface area contributed by atoms with Crippen molar-refractivity contribution in [3.05, 3.63) is 65.5 Å². The van der Waals surface area contributed by atoms with Gasteiger partial charge in [-0.15, -0.1) is 24.8 Å². The standard InChI is InChI=1S/C22H29N3O.2ClH/c1-18-5-4-6-20(15-18)16-25(17-21-7-2-3-12-24-21)22(26)9-8-19-10-13-23-14-11-19;;/h2-7,12,15,19,23H,8-11,13-14,16-17H2,1H3;2*1H. The molecule has 1 saturated heterocycles. The number of nitrogens with zero attached hydrogens (tertiary/aromatic N) is 2. The highest BCUT2D eigenvalue weighted by atomic mass is 35.5. The van der Waals surface area contributed by atoms with Crippen LogP contribution >= 0.6 is 24.8 Å². The van der Waals surface area contributed by atoms with Crippen LogP contribution in [0.1, 0.15) is 42.5 Å². The Balaban J connectivity index is 0.00000196. The summed E-state index contributed by atoms with van der Waals surface area (Å²) in [6, 6.07) is 14.3. The summed E-state index contributed by atoms with van der Waals surface area (Å²) in [7, 11) is 0. The second-order valence-corrected chi connectivity index (χ2v) is 7.29. The second-order valence-electron chi connectivity index (χ2n) is 7.29. The van der Waals surface area contributed by atoms with Crippen LogP contribution < -0.4 is 5.32 Å². The third-order valence-corrected chi connectivity index (χ3v) is 5.11. The van der Waals surface area contributed by atoms with E-state index in [0.717, 1.165) is 25.2 Å². The van der Waals surface area contributed by atoms with Crippen molar-refractivity contribution in [2.24, 2.45) is 5.92 Å². The molecular weight excluding hydrogens is 393 g/mol. The van der Waals surface area contributed by atoms with E-state index in [2.05, 4.69) is 41.5 Å². The van der Waals surface area contributed by atoms with E-state index in [0.29, 0.717) is 25.4 Å². The van der Waals surface area contributed by atoms with Gasteiger partial charge in [-0.05, 0) is 62.9 Å². The fourth-order valence-corrected chi connectivity index (χ4v) is 3.61. The van der Waals surface area contributed by atoms with Gasteiger partial charge in [-0.1, -0.05) is 35.9 Å². The highest BCUT2D eigenvalue weighted by Crippen LogP contribution is 2.20. The lowest BCUT2D eigenvalue weighted by atomic mass is 9.93. The first kappa shape index (κ1) is 24.4. The summed E-state index contributed by atoms with van der Waals surface area (Å²) in [5, 5.41) is 3.39. The molecule has 1 aliphatic rings. The van der Waals surface area contributed by atoms with Crippen molar-refractivity contribution in [3.8, 4) is 0 Å². The highest BCUT2D eigenvalue weighted by Gasteiger charge is 2.19. The number of amides is 1. The fraction of sp³-hybridized carbons (Fsp3) is 0.455. The lowest BCUT2D eigenvalue weighted by Gasteiger charge is -2.26. The molecule has 0 saturated carbocycles. The van der Waals surface area contributed by atoms with E-state index >= 15 is 0 Å². The Morgan fingerprint density at radius 3 is 2.57 bits per heavy atom. The minimum absolute atomic E-state index is 0. The molecule has 0 atom stereocenters. The summed E-state index contributed by atoms with van der Waals surface area (Å²) < 4.78 is 0. The van der Waals surface area contributed by atoms with Gasteiger partial charge in [-0.25, -0.2) is 0 Å². The Hall–Kier alpha value is -1.62. The van der Waals surface area contributed by atoms with E-state index in [1.165, 1.54) is 24.0 Å². The quantitative estimate of drug-likeness (QED) is 0.710. The lowest BCUT2D eigenvalue weighted by molar-refractivity contribution is -0.132. The Labute approximate surface area is 180 Å². The molecular formula is C22H31Cl2N3O. The Morgan fingerprint density at radius 1 is 1.11 bits per heavy atom. The summed E-state index contributed by atoms with van der Waals surface area (Å²) in [5.74, 6) is 0.909. The molecule has 1 aliphatic heterocycles. The molecule has 3 rings (SSSR count). The maximum Gasteiger partial charge on any atom is 0.223 e. The molecule has 154 valence electrons. The van der Waals surface area contributed by atoms with Gasteiger partial charge in [0, 0.05) is 19.2 Å². The van der Waals surface area contributed by atoms with Crippen LogP contribution in [0, 0.1) is 12.8 Å². The average Bonchev–Trinajstić information content (AvgIpc) is 2.67. The minimum Gasteiger partial charge on any atom is -0.332 e. The first-order valence-corrected chi connectivity index (χ1v) is 9.64. The van der Waals surface area contributed by atoms with Crippen LogP contribution in [0.4, 0.5) is 0 Å². The van der Waals surface area contributed by atoms with E-state index in [9.17, 15) is 4.79 Å². The number of benzene rings is 1. The number of aryl methyl sites for hydroxylation is 1. The maximum atomic E-state index is 13.0. The van der Waals surface area contributed by atoms with Crippen LogP contribution in [0.3, 0.4) is 0 Å². The number of carbonyl (C=O) groups is 1. The van der Waals surface area contributed by atoms with Crippen molar-refractivity contribution < 1.29 is 4.79 Å². The summed E-state index contributed by atoms with van der Waals surface area (Å²) in [5.41, 5.74) is 3.34. The van der Waals surface area contributed by atoms with Crippen molar-refractivity contribution in [3.63, 3.8) is 0 Å². The molecule has 2 aromatic rings. The van der Waals surface area contributed by atoms with E-state index in [1.807, 2.05) is 23.1 Å². The number of pyridine rings is 1. The number of rotatable bonds is 7. The molecule has 6 heteroatoms. The molecule has 1 fully saturated rings. The number of nitrogens with one attached hydrogen (secondary N) is 1. The van der Waals surface area contributed by atoms with Gasteiger partial charge in [0.25, 0.3) is 0 Å². The topological polar surface area (TPSA) is 45.2 Å². The molecule has 0 spiro atoms. The van der Waals surface area contributed by atoms with Crippen molar-refractivity contribution in [2.45, 2.75) is 45.7 Å². The monoisotopic (exact) mass is 423 g/mol. The summed E-state index contributed by atoms with van der Waals surface area (Å²) >= 11 is 0. The number of hydrogen-bond acceptors (Lipinski definition) is 3. The van der Waals surface area contributed by atoms with Crippen LogP contribution in [-0.2, 0) is 17.9 Å². The number of carbonyl (C=O) groups excluding carboxylic acids is 1. The van der Waals surface area contributed by atoms with E-state index < -0.39 is 0 Å². The molecule has 1 aromatic carbocycles. The van der Waals surface area contributed by atoms with E-state index in [4.69, 9.17) is 0 Å². The number of aromatic nitrogens is 1. The Morgan fingerprint density at radius 2 is 1.89 bits per heavy atom. The Bertz CT molecular complexity index is 706. The molecule has 4 nitrogen and oxygen atoms in total. The Kier molecular flexibility index (Phi) is 11.1. The first-order valence-electron chi connectivity index (χ1n) is 9.64. The lowest BCUT2D eigenvalue weighted by Crippen LogP contribution is -2.32. The molecule has 0 aliphatic carbocycles. The highest BCUT2D eigenvalue weighted by molar-refractivity contribution is 5.85. The molecule has 0 radical (unpaired) electrons. The van der Waals surface area contributed by atoms with E-state index in [1.54, 1.807) is 6.20 Å². The number of piperidine rings is 1.